The fourth-order valence-electron chi connectivity index (χ4n) is 4.41. The van der Waals surface area contributed by atoms with Crippen LogP contribution in [-0.2, 0) is 9.53 Å². The van der Waals surface area contributed by atoms with E-state index in [1.807, 2.05) is 45.0 Å². The summed E-state index contributed by atoms with van der Waals surface area (Å²) >= 11 is 7.07. The molecule has 2 aromatic carbocycles. The number of carbonyl (C=O) groups excluding carboxylic acids is 1. The third kappa shape index (κ3) is 6.15. The third-order valence-corrected chi connectivity index (χ3v) is 8.36. The molecular weight excluding hydrogens is 711 g/mol. The van der Waals surface area contributed by atoms with Gasteiger partial charge in [0.05, 0.1) is 56.3 Å². The third-order valence-electron chi connectivity index (χ3n) is 5.99. The Hall–Kier alpha value is -2.64. The number of rotatable bonds is 9. The maximum absolute atomic E-state index is 14.0. The zero-order valence-electron chi connectivity index (χ0n) is 23.0. The normalized spacial score (nSPS) is 15.1. The first-order valence-electron chi connectivity index (χ1n) is 12.8. The first kappa shape index (κ1) is 30.3. The summed E-state index contributed by atoms with van der Waals surface area (Å²) < 4.78 is 26.4. The van der Waals surface area contributed by atoms with Crippen LogP contribution in [0.4, 0.5) is 0 Å². The monoisotopic (exact) mass is 740 g/mol. The SMILES string of the molecule is CCOC(=O)C1=C(C)N=c2s/c(=C\c3cc(Br)c(OCC)c(I)c3)c(=O)n2[C@@H]1c1ccc(OC(C)C)c(OC)c1. The number of halogens is 2. The van der Waals surface area contributed by atoms with E-state index in [-0.39, 0.29) is 18.3 Å². The van der Waals surface area contributed by atoms with Crippen molar-refractivity contribution in [2.24, 2.45) is 4.99 Å². The van der Waals surface area contributed by atoms with Crippen molar-refractivity contribution in [3.05, 3.63) is 80.5 Å². The van der Waals surface area contributed by atoms with E-state index in [0.717, 1.165) is 19.4 Å². The van der Waals surface area contributed by atoms with Gasteiger partial charge < -0.3 is 18.9 Å². The van der Waals surface area contributed by atoms with Crippen LogP contribution >= 0.6 is 49.9 Å². The summed E-state index contributed by atoms with van der Waals surface area (Å²) in [6, 6.07) is 8.54. The van der Waals surface area contributed by atoms with Gasteiger partial charge in [-0.25, -0.2) is 9.79 Å². The maximum atomic E-state index is 14.0. The molecule has 1 aromatic heterocycles. The van der Waals surface area contributed by atoms with E-state index >= 15 is 0 Å². The van der Waals surface area contributed by atoms with Gasteiger partial charge in [0.25, 0.3) is 5.56 Å². The summed E-state index contributed by atoms with van der Waals surface area (Å²) in [5.41, 5.74) is 2.05. The van der Waals surface area contributed by atoms with Gasteiger partial charge in [0.15, 0.2) is 16.3 Å². The molecule has 0 amide bonds. The molecule has 4 rings (SSSR count). The van der Waals surface area contributed by atoms with Crippen LogP contribution < -0.4 is 29.1 Å². The Balaban J connectivity index is 1.93. The predicted octanol–water partition coefficient (Wildman–Crippen LogP) is 5.36. The van der Waals surface area contributed by atoms with E-state index in [9.17, 15) is 9.59 Å². The number of allylic oxidation sites excluding steroid dienone is 1. The lowest BCUT2D eigenvalue weighted by molar-refractivity contribution is -0.139. The fourth-order valence-corrected chi connectivity index (χ4v) is 7.22. The average Bonchev–Trinajstić information content (AvgIpc) is 3.19. The minimum absolute atomic E-state index is 0.0552. The van der Waals surface area contributed by atoms with Crippen molar-refractivity contribution in [1.82, 2.24) is 4.57 Å². The zero-order chi connectivity index (χ0) is 29.1. The summed E-state index contributed by atoms with van der Waals surface area (Å²) in [6.07, 6.45) is 1.77. The molecule has 0 aliphatic carbocycles. The fraction of sp³-hybridized carbons (Fsp3) is 0.345. The van der Waals surface area contributed by atoms with Crippen LogP contribution in [0.5, 0.6) is 17.2 Å². The van der Waals surface area contributed by atoms with Crippen molar-refractivity contribution < 1.29 is 23.7 Å². The van der Waals surface area contributed by atoms with E-state index in [2.05, 4.69) is 43.5 Å². The molecule has 212 valence electrons. The number of carbonyl (C=O) groups is 1. The standard InChI is InChI=1S/C29H30BrIN2O6S/c1-7-37-26-19(30)11-17(12-20(26)31)13-23-27(34)33-25(18-9-10-21(39-15(3)4)22(14-18)36-6)24(28(35)38-8-2)16(5)32-29(33)40-23/h9-15,25H,7-8H2,1-6H3/b23-13-/t25-/m1/s1. The van der Waals surface area contributed by atoms with Gasteiger partial charge in [-0.05, 0) is 115 Å². The lowest BCUT2D eigenvalue weighted by Crippen LogP contribution is -2.40. The Kier molecular flexibility index (Phi) is 9.78. The van der Waals surface area contributed by atoms with Crippen LogP contribution in [0.3, 0.4) is 0 Å². The highest BCUT2D eigenvalue weighted by Gasteiger charge is 2.34. The van der Waals surface area contributed by atoms with Crippen LogP contribution in [0.1, 0.15) is 51.8 Å². The molecule has 0 saturated carbocycles. The average molecular weight is 741 g/mol. The van der Waals surface area contributed by atoms with Gasteiger partial charge in [-0.15, -0.1) is 0 Å². The molecule has 11 heteroatoms. The number of thiazole rings is 1. The number of fused-ring (bicyclic) bond motifs is 1. The highest BCUT2D eigenvalue weighted by molar-refractivity contribution is 14.1. The maximum Gasteiger partial charge on any atom is 0.338 e. The van der Waals surface area contributed by atoms with Gasteiger partial charge in [-0.3, -0.25) is 9.36 Å². The van der Waals surface area contributed by atoms with E-state index < -0.39 is 12.0 Å². The molecule has 3 aromatic rings. The number of nitrogens with zero attached hydrogens (tertiary/aromatic N) is 2. The second kappa shape index (κ2) is 12.9. The summed E-state index contributed by atoms with van der Waals surface area (Å²) in [5.74, 6) is 1.31. The zero-order valence-corrected chi connectivity index (χ0v) is 27.6. The molecule has 0 saturated heterocycles. The van der Waals surface area contributed by atoms with Crippen molar-refractivity contribution in [1.29, 1.82) is 0 Å². The number of hydrogen-bond acceptors (Lipinski definition) is 8. The van der Waals surface area contributed by atoms with Gasteiger partial charge in [-0.2, -0.15) is 0 Å². The van der Waals surface area contributed by atoms with Crippen LogP contribution in [0, 0.1) is 3.57 Å². The highest BCUT2D eigenvalue weighted by Crippen LogP contribution is 2.37. The first-order valence-corrected chi connectivity index (χ1v) is 15.4. The van der Waals surface area contributed by atoms with E-state index in [4.69, 9.17) is 18.9 Å². The highest BCUT2D eigenvalue weighted by atomic mass is 127. The molecule has 0 unspecified atom stereocenters. The summed E-state index contributed by atoms with van der Waals surface area (Å²) in [6.45, 7) is 10.0. The van der Waals surface area contributed by atoms with E-state index in [1.165, 1.54) is 11.3 Å². The topological polar surface area (TPSA) is 88.4 Å². The number of hydrogen-bond donors (Lipinski definition) is 0. The van der Waals surface area contributed by atoms with Crippen molar-refractivity contribution in [3.63, 3.8) is 0 Å². The number of aromatic nitrogens is 1. The number of esters is 1. The Morgan fingerprint density at radius 1 is 1.20 bits per heavy atom. The Morgan fingerprint density at radius 2 is 1.95 bits per heavy atom. The summed E-state index contributed by atoms with van der Waals surface area (Å²) in [4.78, 5) is 32.3. The summed E-state index contributed by atoms with van der Waals surface area (Å²) in [5, 5.41) is 0. The minimum Gasteiger partial charge on any atom is -0.493 e. The molecule has 8 nitrogen and oxygen atoms in total. The second-order valence-corrected chi connectivity index (χ2v) is 12.2. The Bertz CT molecular complexity index is 1640. The number of ether oxygens (including phenoxy) is 4. The number of methoxy groups -OCH3 is 1. The Labute approximate surface area is 258 Å². The molecular formula is C29H30BrIN2O6S. The molecule has 0 radical (unpaired) electrons. The second-order valence-electron chi connectivity index (χ2n) is 9.13. The van der Waals surface area contributed by atoms with Crippen LogP contribution in [0.2, 0.25) is 0 Å². The number of benzene rings is 2. The van der Waals surface area contributed by atoms with Crippen LogP contribution in [0.15, 0.2) is 55.9 Å². The lowest BCUT2D eigenvalue weighted by Gasteiger charge is -2.25. The molecule has 0 fully saturated rings. The van der Waals surface area contributed by atoms with Gasteiger partial charge in [-0.1, -0.05) is 17.4 Å². The Morgan fingerprint density at radius 3 is 2.58 bits per heavy atom. The van der Waals surface area contributed by atoms with Crippen LogP contribution in [0.25, 0.3) is 6.08 Å². The summed E-state index contributed by atoms with van der Waals surface area (Å²) in [7, 11) is 1.56. The first-order chi connectivity index (χ1) is 19.1. The van der Waals surface area contributed by atoms with Gasteiger partial charge in [0.1, 0.15) is 5.75 Å². The molecule has 1 aliphatic rings. The minimum atomic E-state index is -0.758. The van der Waals surface area contributed by atoms with Crippen molar-refractivity contribution >= 4 is 61.9 Å². The smallest absolute Gasteiger partial charge is 0.338 e. The predicted molar refractivity (Wildman–Crippen MR) is 167 cm³/mol. The van der Waals surface area contributed by atoms with Gasteiger partial charge >= 0.3 is 5.97 Å². The lowest BCUT2D eigenvalue weighted by atomic mass is 9.95. The van der Waals surface area contributed by atoms with Crippen molar-refractivity contribution in [3.8, 4) is 17.2 Å². The van der Waals surface area contributed by atoms with Crippen molar-refractivity contribution in [2.45, 2.75) is 46.8 Å². The van der Waals surface area contributed by atoms with E-state index in [0.29, 0.717) is 44.3 Å². The molecule has 0 bridgehead atoms. The molecule has 1 atom stereocenters. The van der Waals surface area contributed by atoms with Crippen molar-refractivity contribution in [2.75, 3.05) is 20.3 Å². The molecule has 1 aliphatic heterocycles. The molecule has 2 heterocycles. The van der Waals surface area contributed by atoms with Crippen LogP contribution in [-0.4, -0.2) is 37.0 Å². The largest absolute Gasteiger partial charge is 0.493 e. The quantitative estimate of drug-likeness (QED) is 0.217. The van der Waals surface area contributed by atoms with Gasteiger partial charge in [0.2, 0.25) is 0 Å². The van der Waals surface area contributed by atoms with Gasteiger partial charge in [0, 0.05) is 0 Å². The molecule has 40 heavy (non-hydrogen) atoms. The van der Waals surface area contributed by atoms with E-state index in [1.54, 1.807) is 37.7 Å². The molecule has 0 N–H and O–H groups in total. The molecule has 0 spiro atoms.